The Kier molecular flexibility index (Phi) is 14.0. The third kappa shape index (κ3) is 11.3. The fourth-order valence-electron chi connectivity index (χ4n) is 6.47. The van der Waals surface area contributed by atoms with E-state index in [1.807, 2.05) is 60.7 Å². The summed E-state index contributed by atoms with van der Waals surface area (Å²) in [5.41, 5.74) is 3.93. The zero-order valence-corrected chi connectivity index (χ0v) is 28.4. The number of anilines is 1. The molecule has 0 atom stereocenters. The maximum absolute atomic E-state index is 12.7. The lowest BCUT2D eigenvalue weighted by atomic mass is 10.0. The van der Waals surface area contributed by atoms with Gasteiger partial charge in [0.05, 0.1) is 18.9 Å². The Labute approximate surface area is 285 Å². The van der Waals surface area contributed by atoms with Gasteiger partial charge in [-0.25, -0.2) is 4.79 Å². The molecule has 1 saturated carbocycles. The Morgan fingerprint density at radius 1 is 0.812 bits per heavy atom. The van der Waals surface area contributed by atoms with Crippen molar-refractivity contribution in [2.45, 2.75) is 83.0 Å². The van der Waals surface area contributed by atoms with E-state index in [1.165, 1.54) is 18.4 Å². The van der Waals surface area contributed by atoms with Crippen molar-refractivity contribution < 1.29 is 23.8 Å². The molecule has 48 heavy (non-hydrogen) atoms. The number of ether oxygens (including phenoxy) is 3. The predicted octanol–water partition coefficient (Wildman–Crippen LogP) is 7.16. The second-order valence-electron chi connectivity index (χ2n) is 12.8. The monoisotopic (exact) mass is 656 g/mol. The van der Waals surface area contributed by atoms with E-state index in [-0.39, 0.29) is 12.0 Å². The Morgan fingerprint density at radius 3 is 2.35 bits per heavy atom. The predicted molar refractivity (Wildman–Crippen MR) is 191 cm³/mol. The van der Waals surface area contributed by atoms with Crippen molar-refractivity contribution in [1.29, 1.82) is 0 Å². The molecule has 258 valence electrons. The number of rotatable bonds is 17. The van der Waals surface area contributed by atoms with Crippen LogP contribution in [0.1, 0.15) is 69.8 Å². The average molecular weight is 657 g/mol. The van der Waals surface area contributed by atoms with Crippen LogP contribution in [0.2, 0.25) is 0 Å². The number of likely N-dealkylation sites (tertiary alicyclic amines) is 1. The standard InChI is InChI=1S/C39H52N4O5/c1-46-36-19-18-30(28-37(36)47-32-14-6-7-15-32)29-40-23-10-3-11-24-41-38(44)22-27-43-25-20-33(21-26-43)48-39(45)42-35-17-9-8-16-34(35)31-12-4-2-5-13-31/h2,4-5,8-9,12-13,16-19,28,32-33,40H,3,6-7,10-11,14-15,20-27,29H2,1H3,(H,41,44)(H,42,45). The molecule has 0 radical (unpaired) electrons. The van der Waals surface area contributed by atoms with Crippen LogP contribution < -0.4 is 25.4 Å². The van der Waals surface area contributed by atoms with Crippen LogP contribution in [0.4, 0.5) is 10.5 Å². The van der Waals surface area contributed by atoms with E-state index < -0.39 is 6.09 Å². The van der Waals surface area contributed by atoms with Crippen LogP contribution in [0.25, 0.3) is 11.1 Å². The van der Waals surface area contributed by atoms with Gasteiger partial charge >= 0.3 is 6.09 Å². The van der Waals surface area contributed by atoms with Gasteiger partial charge in [-0.2, -0.15) is 0 Å². The Morgan fingerprint density at radius 2 is 1.56 bits per heavy atom. The minimum absolute atomic E-state index is 0.0955. The molecule has 3 N–H and O–H groups in total. The molecule has 9 nitrogen and oxygen atoms in total. The van der Waals surface area contributed by atoms with Crippen LogP contribution in [-0.4, -0.2) is 68.9 Å². The number of hydrogen-bond acceptors (Lipinski definition) is 7. The molecule has 0 bridgehead atoms. The highest BCUT2D eigenvalue weighted by Crippen LogP contribution is 2.32. The quantitative estimate of drug-likeness (QED) is 0.133. The number of methoxy groups -OCH3 is 1. The van der Waals surface area contributed by atoms with Crippen molar-refractivity contribution in [2.75, 3.05) is 45.2 Å². The third-order valence-electron chi connectivity index (χ3n) is 9.22. The Balaban J connectivity index is 0.884. The topological polar surface area (TPSA) is 101 Å². The van der Waals surface area contributed by atoms with Crippen LogP contribution >= 0.6 is 0 Å². The molecule has 2 amide bonds. The number of piperidine rings is 1. The number of unbranched alkanes of at least 4 members (excludes halogenated alkanes) is 2. The first-order valence-electron chi connectivity index (χ1n) is 17.7. The first-order chi connectivity index (χ1) is 23.6. The number of para-hydroxylation sites is 1. The number of hydrogen-bond donors (Lipinski definition) is 3. The largest absolute Gasteiger partial charge is 0.493 e. The SMILES string of the molecule is COc1ccc(CNCCCCCNC(=O)CCN2CCC(OC(=O)Nc3ccccc3-c3ccccc3)CC2)cc1OC1CCCC1. The minimum Gasteiger partial charge on any atom is -0.493 e. The smallest absolute Gasteiger partial charge is 0.411 e. The van der Waals surface area contributed by atoms with Gasteiger partial charge < -0.3 is 29.7 Å². The molecule has 2 aliphatic rings. The molecule has 1 aliphatic carbocycles. The molecule has 0 unspecified atom stereocenters. The summed E-state index contributed by atoms with van der Waals surface area (Å²) in [5.74, 6) is 1.74. The maximum atomic E-state index is 12.7. The van der Waals surface area contributed by atoms with E-state index in [0.29, 0.717) is 19.1 Å². The Hall–Kier alpha value is -4.08. The molecule has 3 aromatic carbocycles. The lowest BCUT2D eigenvalue weighted by Crippen LogP contribution is -2.40. The lowest BCUT2D eigenvalue weighted by molar-refractivity contribution is -0.121. The van der Waals surface area contributed by atoms with E-state index >= 15 is 0 Å². The second kappa shape index (κ2) is 19.1. The van der Waals surface area contributed by atoms with Gasteiger partial charge in [-0.3, -0.25) is 10.1 Å². The van der Waals surface area contributed by atoms with E-state index in [2.05, 4.69) is 33.0 Å². The highest BCUT2D eigenvalue weighted by Gasteiger charge is 2.23. The highest BCUT2D eigenvalue weighted by atomic mass is 16.6. The summed E-state index contributed by atoms with van der Waals surface area (Å²) in [6.07, 6.45) is 9.57. The fourth-order valence-corrected chi connectivity index (χ4v) is 6.47. The summed E-state index contributed by atoms with van der Waals surface area (Å²) >= 11 is 0. The normalized spacial score (nSPS) is 15.6. The lowest BCUT2D eigenvalue weighted by Gasteiger charge is -2.31. The van der Waals surface area contributed by atoms with Gasteiger partial charge in [0.1, 0.15) is 6.10 Å². The van der Waals surface area contributed by atoms with E-state index in [4.69, 9.17) is 14.2 Å². The maximum Gasteiger partial charge on any atom is 0.411 e. The summed E-state index contributed by atoms with van der Waals surface area (Å²) in [6, 6.07) is 23.9. The van der Waals surface area contributed by atoms with Gasteiger partial charge in [0, 0.05) is 44.7 Å². The second-order valence-corrected chi connectivity index (χ2v) is 12.8. The van der Waals surface area contributed by atoms with E-state index in [0.717, 1.165) is 106 Å². The summed E-state index contributed by atoms with van der Waals surface area (Å²) in [5, 5.41) is 9.53. The van der Waals surface area contributed by atoms with Gasteiger partial charge in [0.15, 0.2) is 11.5 Å². The van der Waals surface area contributed by atoms with Crippen LogP contribution in [0.5, 0.6) is 11.5 Å². The van der Waals surface area contributed by atoms with E-state index in [1.54, 1.807) is 7.11 Å². The van der Waals surface area contributed by atoms with Gasteiger partial charge in [0.25, 0.3) is 0 Å². The van der Waals surface area contributed by atoms with Crippen molar-refractivity contribution in [3.05, 3.63) is 78.4 Å². The summed E-state index contributed by atoms with van der Waals surface area (Å²) < 4.78 is 17.5. The molecule has 0 aromatic heterocycles. The summed E-state index contributed by atoms with van der Waals surface area (Å²) in [4.78, 5) is 27.4. The first kappa shape index (κ1) is 35.2. The van der Waals surface area contributed by atoms with Crippen LogP contribution in [-0.2, 0) is 16.1 Å². The number of nitrogens with one attached hydrogen (secondary N) is 3. The molecule has 9 heteroatoms. The number of nitrogens with zero attached hydrogens (tertiary/aromatic N) is 1. The molecule has 1 saturated heterocycles. The molecule has 5 rings (SSSR count). The van der Waals surface area contributed by atoms with Crippen molar-refractivity contribution in [2.24, 2.45) is 0 Å². The molecular formula is C39H52N4O5. The van der Waals surface area contributed by atoms with Crippen molar-refractivity contribution in [1.82, 2.24) is 15.5 Å². The van der Waals surface area contributed by atoms with E-state index in [9.17, 15) is 9.59 Å². The van der Waals surface area contributed by atoms with Gasteiger partial charge in [-0.15, -0.1) is 0 Å². The molecule has 2 fully saturated rings. The summed E-state index contributed by atoms with van der Waals surface area (Å²) in [6.45, 7) is 4.77. The number of amides is 2. The Bertz CT molecular complexity index is 1420. The molecule has 3 aromatic rings. The fraction of sp³-hybridized carbons (Fsp3) is 0.487. The first-order valence-corrected chi connectivity index (χ1v) is 17.7. The van der Waals surface area contributed by atoms with Gasteiger partial charge in [-0.1, -0.05) is 61.0 Å². The zero-order valence-electron chi connectivity index (χ0n) is 28.4. The third-order valence-corrected chi connectivity index (χ3v) is 9.22. The van der Waals surface area contributed by atoms with Crippen LogP contribution in [0.15, 0.2) is 72.8 Å². The van der Waals surface area contributed by atoms with Gasteiger partial charge in [-0.05, 0) is 87.2 Å². The van der Waals surface area contributed by atoms with Crippen molar-refractivity contribution >= 4 is 17.7 Å². The minimum atomic E-state index is -0.428. The number of benzene rings is 3. The van der Waals surface area contributed by atoms with Crippen molar-refractivity contribution in [3.8, 4) is 22.6 Å². The number of carbonyl (C=O) groups is 2. The van der Waals surface area contributed by atoms with Crippen molar-refractivity contribution in [3.63, 3.8) is 0 Å². The van der Waals surface area contributed by atoms with Crippen LogP contribution in [0, 0.1) is 0 Å². The summed E-state index contributed by atoms with van der Waals surface area (Å²) in [7, 11) is 1.69. The zero-order chi connectivity index (χ0) is 33.4. The molecule has 1 aliphatic heterocycles. The average Bonchev–Trinajstić information content (AvgIpc) is 3.63. The van der Waals surface area contributed by atoms with Crippen LogP contribution in [0.3, 0.4) is 0 Å². The molecule has 0 spiro atoms. The molecule has 1 heterocycles. The highest BCUT2D eigenvalue weighted by molar-refractivity contribution is 5.91. The molecular weight excluding hydrogens is 604 g/mol. The number of carbonyl (C=O) groups excluding carboxylic acids is 2. The van der Waals surface area contributed by atoms with Gasteiger partial charge in [0.2, 0.25) is 5.91 Å².